The van der Waals surface area contributed by atoms with E-state index in [0.29, 0.717) is 17.2 Å². The molecule has 0 spiro atoms. The number of amides is 1. The summed E-state index contributed by atoms with van der Waals surface area (Å²) in [7, 11) is 1.86. The zero-order chi connectivity index (χ0) is 13.8. The fourth-order valence-electron chi connectivity index (χ4n) is 2.81. The van der Waals surface area contributed by atoms with Crippen LogP contribution in [0, 0.1) is 12.8 Å². The van der Waals surface area contributed by atoms with E-state index < -0.39 is 0 Å². The quantitative estimate of drug-likeness (QED) is 0.910. The number of carbonyl (C=O) groups excluding carboxylic acids is 1. The predicted molar refractivity (Wildman–Crippen MR) is 76.9 cm³/mol. The molecule has 0 radical (unpaired) electrons. The number of hydrogen-bond acceptors (Lipinski definition) is 3. The second-order valence-electron chi connectivity index (χ2n) is 5.60. The van der Waals surface area contributed by atoms with Crippen LogP contribution in [0.25, 0.3) is 0 Å². The van der Waals surface area contributed by atoms with Gasteiger partial charge in [-0.15, -0.1) is 0 Å². The van der Waals surface area contributed by atoms with Crippen LogP contribution < -0.4 is 5.73 Å². The molecular formula is C15H23N3O. The van der Waals surface area contributed by atoms with Gasteiger partial charge in [0.05, 0.1) is 5.56 Å². The number of carbonyl (C=O) groups is 1. The van der Waals surface area contributed by atoms with Gasteiger partial charge in [0.15, 0.2) is 0 Å². The topological polar surface area (TPSA) is 59.2 Å². The Morgan fingerprint density at radius 2 is 2.11 bits per heavy atom. The Balaban J connectivity index is 2.01. The largest absolute Gasteiger partial charge is 0.398 e. The van der Waals surface area contributed by atoms with Gasteiger partial charge in [0.25, 0.3) is 5.91 Å². The summed E-state index contributed by atoms with van der Waals surface area (Å²) in [6, 6.07) is 1.75. The van der Waals surface area contributed by atoms with E-state index in [1.54, 1.807) is 17.2 Å². The first kappa shape index (κ1) is 13.8. The fourth-order valence-corrected chi connectivity index (χ4v) is 2.81. The summed E-state index contributed by atoms with van der Waals surface area (Å²) in [6.45, 7) is 2.70. The molecule has 104 valence electrons. The second kappa shape index (κ2) is 6.04. The van der Waals surface area contributed by atoms with E-state index >= 15 is 0 Å². The predicted octanol–water partition coefficient (Wildman–Crippen LogP) is 2.62. The SMILES string of the molecule is Cc1cc(N)c(C(=O)N(C)CC2CCCCC2)cn1. The molecule has 19 heavy (non-hydrogen) atoms. The molecule has 0 aromatic carbocycles. The van der Waals surface area contributed by atoms with Crippen molar-refractivity contribution in [3.63, 3.8) is 0 Å². The highest BCUT2D eigenvalue weighted by atomic mass is 16.2. The molecular weight excluding hydrogens is 238 g/mol. The molecule has 1 aliphatic rings. The van der Waals surface area contributed by atoms with Crippen LogP contribution in [0.5, 0.6) is 0 Å². The molecule has 1 aromatic rings. The van der Waals surface area contributed by atoms with E-state index in [2.05, 4.69) is 4.98 Å². The smallest absolute Gasteiger partial charge is 0.257 e. The standard InChI is InChI=1S/C15H23N3O/c1-11-8-14(16)13(9-17-11)15(19)18(2)10-12-6-4-3-5-7-12/h8-9,12H,3-7,10H2,1-2H3,(H2,16,17). The fraction of sp³-hybridized carbons (Fsp3) is 0.600. The monoisotopic (exact) mass is 261 g/mol. The van der Waals surface area contributed by atoms with Crippen LogP contribution in [0.4, 0.5) is 5.69 Å². The Morgan fingerprint density at radius 1 is 1.42 bits per heavy atom. The molecule has 1 amide bonds. The first-order valence-corrected chi connectivity index (χ1v) is 7.05. The highest BCUT2D eigenvalue weighted by Crippen LogP contribution is 2.25. The molecule has 4 heteroatoms. The summed E-state index contributed by atoms with van der Waals surface area (Å²) >= 11 is 0. The second-order valence-corrected chi connectivity index (χ2v) is 5.60. The maximum Gasteiger partial charge on any atom is 0.257 e. The van der Waals surface area contributed by atoms with Crippen molar-refractivity contribution in [2.75, 3.05) is 19.3 Å². The molecule has 0 atom stereocenters. The van der Waals surface area contributed by atoms with E-state index in [9.17, 15) is 4.79 Å². The van der Waals surface area contributed by atoms with Gasteiger partial charge >= 0.3 is 0 Å². The van der Waals surface area contributed by atoms with Crippen molar-refractivity contribution in [3.05, 3.63) is 23.5 Å². The van der Waals surface area contributed by atoms with Crippen LogP contribution >= 0.6 is 0 Å². The van der Waals surface area contributed by atoms with Crippen molar-refractivity contribution in [1.82, 2.24) is 9.88 Å². The van der Waals surface area contributed by atoms with Crippen molar-refractivity contribution >= 4 is 11.6 Å². The van der Waals surface area contributed by atoms with E-state index in [1.807, 2.05) is 14.0 Å². The number of nitrogen functional groups attached to an aromatic ring is 1. The van der Waals surface area contributed by atoms with Gasteiger partial charge in [0.2, 0.25) is 0 Å². The van der Waals surface area contributed by atoms with Gasteiger partial charge in [-0.05, 0) is 31.7 Å². The third kappa shape index (κ3) is 3.46. The summed E-state index contributed by atoms with van der Waals surface area (Å²) in [5.74, 6) is 0.623. The molecule has 1 aromatic heterocycles. The van der Waals surface area contributed by atoms with Gasteiger partial charge in [0.1, 0.15) is 0 Å². The molecule has 2 N–H and O–H groups in total. The summed E-state index contributed by atoms with van der Waals surface area (Å²) in [5, 5.41) is 0. The number of rotatable bonds is 3. The van der Waals surface area contributed by atoms with Gasteiger partial charge in [-0.3, -0.25) is 9.78 Å². The maximum absolute atomic E-state index is 12.4. The van der Waals surface area contributed by atoms with Crippen LogP contribution in [-0.2, 0) is 0 Å². The minimum Gasteiger partial charge on any atom is -0.398 e. The van der Waals surface area contributed by atoms with E-state index in [0.717, 1.165) is 12.2 Å². The maximum atomic E-state index is 12.4. The van der Waals surface area contributed by atoms with Crippen LogP contribution in [0.2, 0.25) is 0 Å². The van der Waals surface area contributed by atoms with Crippen molar-refractivity contribution in [2.24, 2.45) is 5.92 Å². The Morgan fingerprint density at radius 3 is 2.74 bits per heavy atom. The van der Waals surface area contributed by atoms with Crippen LogP contribution in [0.1, 0.15) is 48.2 Å². The lowest BCUT2D eigenvalue weighted by molar-refractivity contribution is 0.0761. The number of hydrogen-bond donors (Lipinski definition) is 1. The number of nitrogens with zero attached hydrogens (tertiary/aromatic N) is 2. The molecule has 0 saturated heterocycles. The van der Waals surface area contributed by atoms with Gasteiger partial charge in [-0.2, -0.15) is 0 Å². The van der Waals surface area contributed by atoms with Crippen molar-refractivity contribution < 1.29 is 4.79 Å². The zero-order valence-electron chi connectivity index (χ0n) is 11.9. The molecule has 0 bridgehead atoms. The Kier molecular flexibility index (Phi) is 4.40. The van der Waals surface area contributed by atoms with E-state index in [-0.39, 0.29) is 5.91 Å². The highest BCUT2D eigenvalue weighted by molar-refractivity contribution is 5.98. The first-order chi connectivity index (χ1) is 9.08. The zero-order valence-corrected chi connectivity index (χ0v) is 11.9. The van der Waals surface area contributed by atoms with E-state index in [4.69, 9.17) is 5.73 Å². The third-order valence-electron chi connectivity index (χ3n) is 3.91. The molecule has 1 aliphatic carbocycles. The summed E-state index contributed by atoms with van der Waals surface area (Å²) < 4.78 is 0. The lowest BCUT2D eigenvalue weighted by Gasteiger charge is -2.27. The summed E-state index contributed by atoms with van der Waals surface area (Å²) in [4.78, 5) is 18.3. The lowest BCUT2D eigenvalue weighted by atomic mass is 9.89. The number of anilines is 1. The summed E-state index contributed by atoms with van der Waals surface area (Å²) in [6.07, 6.45) is 7.98. The first-order valence-electron chi connectivity index (χ1n) is 7.05. The van der Waals surface area contributed by atoms with Gasteiger partial charge in [-0.1, -0.05) is 19.3 Å². The van der Waals surface area contributed by atoms with Gasteiger partial charge in [-0.25, -0.2) is 0 Å². The van der Waals surface area contributed by atoms with Gasteiger partial charge in [0, 0.05) is 31.2 Å². The minimum absolute atomic E-state index is 0.0180. The molecule has 1 saturated carbocycles. The third-order valence-corrected chi connectivity index (χ3v) is 3.91. The Labute approximate surface area is 115 Å². The normalized spacial score (nSPS) is 16.3. The Bertz CT molecular complexity index is 453. The lowest BCUT2D eigenvalue weighted by Crippen LogP contribution is -2.33. The van der Waals surface area contributed by atoms with Crippen LogP contribution in [-0.4, -0.2) is 29.4 Å². The summed E-state index contributed by atoms with van der Waals surface area (Å²) in [5.41, 5.74) is 7.78. The molecule has 1 heterocycles. The number of nitrogens with two attached hydrogens (primary N) is 1. The molecule has 0 aliphatic heterocycles. The minimum atomic E-state index is -0.0180. The molecule has 1 fully saturated rings. The molecule has 2 rings (SSSR count). The number of aryl methyl sites for hydroxylation is 1. The molecule has 0 unspecified atom stereocenters. The van der Waals surface area contributed by atoms with Crippen molar-refractivity contribution in [1.29, 1.82) is 0 Å². The van der Waals surface area contributed by atoms with Crippen LogP contribution in [0.15, 0.2) is 12.3 Å². The van der Waals surface area contributed by atoms with E-state index in [1.165, 1.54) is 32.1 Å². The van der Waals surface area contributed by atoms with Crippen molar-refractivity contribution in [2.45, 2.75) is 39.0 Å². The van der Waals surface area contributed by atoms with Crippen LogP contribution in [0.3, 0.4) is 0 Å². The Hall–Kier alpha value is -1.58. The number of aromatic nitrogens is 1. The highest BCUT2D eigenvalue weighted by Gasteiger charge is 2.20. The van der Waals surface area contributed by atoms with Gasteiger partial charge < -0.3 is 10.6 Å². The molecule has 4 nitrogen and oxygen atoms in total. The van der Waals surface area contributed by atoms with Crippen molar-refractivity contribution in [3.8, 4) is 0 Å². The number of pyridine rings is 1. The average Bonchev–Trinajstić information content (AvgIpc) is 2.39. The average molecular weight is 261 g/mol.